The van der Waals surface area contributed by atoms with Crippen LogP contribution in [0.2, 0.25) is 0 Å². The first-order valence-electron chi connectivity index (χ1n) is 7.59. The lowest BCUT2D eigenvalue weighted by molar-refractivity contribution is 0.406. The van der Waals surface area contributed by atoms with Crippen LogP contribution in [0.3, 0.4) is 0 Å². The summed E-state index contributed by atoms with van der Waals surface area (Å²) in [6, 6.07) is 15.4. The molecule has 0 radical (unpaired) electrons. The Hall–Kier alpha value is -2.86. The molecule has 0 atom stereocenters. The van der Waals surface area contributed by atoms with E-state index in [2.05, 4.69) is 15.5 Å². The van der Waals surface area contributed by atoms with E-state index in [9.17, 15) is 0 Å². The summed E-state index contributed by atoms with van der Waals surface area (Å²) in [6.45, 7) is 1.14. The van der Waals surface area contributed by atoms with Gasteiger partial charge in [-0.3, -0.25) is 0 Å². The van der Waals surface area contributed by atoms with Gasteiger partial charge in [0.15, 0.2) is 0 Å². The summed E-state index contributed by atoms with van der Waals surface area (Å²) in [5.74, 6) is 2.67. The van der Waals surface area contributed by atoms with Gasteiger partial charge in [-0.05, 0) is 30.3 Å². The third-order valence-electron chi connectivity index (χ3n) is 3.59. The maximum Gasteiger partial charge on any atom is 0.247 e. The molecule has 0 unspecified atom stereocenters. The van der Waals surface area contributed by atoms with Crippen LogP contribution in [0.15, 0.2) is 52.9 Å². The van der Waals surface area contributed by atoms with Crippen LogP contribution in [0, 0.1) is 0 Å². The van der Waals surface area contributed by atoms with Gasteiger partial charge in [-0.15, -0.1) is 10.2 Å². The van der Waals surface area contributed by atoms with Crippen molar-refractivity contribution in [3.8, 4) is 23.0 Å². The molecule has 2 aromatic carbocycles. The predicted octanol–water partition coefficient (Wildman–Crippen LogP) is 3.04. The third-order valence-corrected chi connectivity index (χ3v) is 3.59. The predicted molar refractivity (Wildman–Crippen MR) is 89.8 cm³/mol. The summed E-state index contributed by atoms with van der Waals surface area (Å²) in [5.41, 5.74) is 1.94. The van der Waals surface area contributed by atoms with Crippen molar-refractivity contribution in [1.82, 2.24) is 15.5 Å². The SMILES string of the molecule is COc1ccc(-c2nnc(CNCc3ccccc3OC)o2)cc1. The number of hydrogen-bond donors (Lipinski definition) is 1. The molecule has 0 spiro atoms. The topological polar surface area (TPSA) is 69.4 Å². The van der Waals surface area contributed by atoms with E-state index in [0.29, 0.717) is 24.9 Å². The average molecular weight is 325 g/mol. The molecule has 0 bridgehead atoms. The molecule has 0 amide bonds. The van der Waals surface area contributed by atoms with Gasteiger partial charge < -0.3 is 19.2 Å². The minimum atomic E-state index is 0.487. The molecule has 0 aliphatic carbocycles. The Labute approximate surface area is 140 Å². The Morgan fingerprint density at radius 3 is 2.46 bits per heavy atom. The van der Waals surface area contributed by atoms with Gasteiger partial charge in [0.1, 0.15) is 11.5 Å². The molecule has 0 aliphatic heterocycles. The molecule has 1 N–H and O–H groups in total. The van der Waals surface area contributed by atoms with Crippen LogP contribution in [0.5, 0.6) is 11.5 Å². The van der Waals surface area contributed by atoms with Gasteiger partial charge in [-0.2, -0.15) is 0 Å². The molecule has 6 nitrogen and oxygen atoms in total. The minimum Gasteiger partial charge on any atom is -0.497 e. The first-order valence-corrected chi connectivity index (χ1v) is 7.59. The molecule has 6 heteroatoms. The van der Waals surface area contributed by atoms with E-state index in [1.54, 1.807) is 14.2 Å². The van der Waals surface area contributed by atoms with Crippen LogP contribution in [-0.4, -0.2) is 24.4 Å². The van der Waals surface area contributed by atoms with Crippen LogP contribution >= 0.6 is 0 Å². The lowest BCUT2D eigenvalue weighted by atomic mass is 10.2. The standard InChI is InChI=1S/C18H19N3O3/c1-22-15-9-7-13(8-10-15)18-21-20-17(24-18)12-19-11-14-5-3-4-6-16(14)23-2/h3-10,19H,11-12H2,1-2H3. The van der Waals surface area contributed by atoms with E-state index in [0.717, 1.165) is 22.6 Å². The molecule has 1 heterocycles. The third kappa shape index (κ3) is 3.72. The molecule has 3 aromatic rings. The Morgan fingerprint density at radius 1 is 0.917 bits per heavy atom. The number of ether oxygens (including phenoxy) is 2. The zero-order valence-corrected chi connectivity index (χ0v) is 13.7. The van der Waals surface area contributed by atoms with Crippen molar-refractivity contribution in [2.45, 2.75) is 13.1 Å². The van der Waals surface area contributed by atoms with E-state index >= 15 is 0 Å². The summed E-state index contributed by atoms with van der Waals surface area (Å²) in [4.78, 5) is 0. The highest BCUT2D eigenvalue weighted by Gasteiger charge is 2.09. The molecule has 24 heavy (non-hydrogen) atoms. The summed E-state index contributed by atoms with van der Waals surface area (Å²) in [7, 11) is 3.30. The second kappa shape index (κ2) is 7.61. The van der Waals surface area contributed by atoms with Crippen LogP contribution in [0.4, 0.5) is 0 Å². The molecular weight excluding hydrogens is 306 g/mol. The second-order valence-electron chi connectivity index (χ2n) is 5.14. The summed E-state index contributed by atoms with van der Waals surface area (Å²) < 4.78 is 16.1. The van der Waals surface area contributed by atoms with Gasteiger partial charge >= 0.3 is 0 Å². The number of benzene rings is 2. The first kappa shape index (κ1) is 16.0. The number of rotatable bonds is 7. The van der Waals surface area contributed by atoms with Crippen LogP contribution < -0.4 is 14.8 Å². The van der Waals surface area contributed by atoms with Gasteiger partial charge in [0.05, 0.1) is 20.8 Å². The van der Waals surface area contributed by atoms with Gasteiger partial charge in [0.2, 0.25) is 11.8 Å². The van der Waals surface area contributed by atoms with Gasteiger partial charge in [0, 0.05) is 17.7 Å². The monoisotopic (exact) mass is 325 g/mol. The van der Waals surface area contributed by atoms with E-state index in [1.165, 1.54) is 0 Å². The van der Waals surface area contributed by atoms with Crippen LogP contribution in [-0.2, 0) is 13.1 Å². The normalized spacial score (nSPS) is 10.6. The van der Waals surface area contributed by atoms with E-state index in [4.69, 9.17) is 13.9 Å². The Morgan fingerprint density at radius 2 is 1.71 bits per heavy atom. The molecule has 0 saturated heterocycles. The fourth-order valence-corrected chi connectivity index (χ4v) is 2.33. The molecule has 3 rings (SSSR count). The summed E-state index contributed by atoms with van der Waals surface area (Å²) in [6.07, 6.45) is 0. The van der Waals surface area contributed by atoms with Crippen molar-refractivity contribution in [3.05, 3.63) is 60.0 Å². The summed E-state index contributed by atoms with van der Waals surface area (Å²) >= 11 is 0. The zero-order valence-electron chi connectivity index (χ0n) is 13.7. The largest absolute Gasteiger partial charge is 0.497 e. The van der Waals surface area contributed by atoms with Crippen molar-refractivity contribution in [1.29, 1.82) is 0 Å². The second-order valence-corrected chi connectivity index (χ2v) is 5.14. The molecular formula is C18H19N3O3. The summed E-state index contributed by atoms with van der Waals surface area (Å²) in [5, 5.41) is 11.4. The van der Waals surface area contributed by atoms with E-state index in [1.807, 2.05) is 48.5 Å². The van der Waals surface area contributed by atoms with Crippen molar-refractivity contribution in [2.75, 3.05) is 14.2 Å². The fraction of sp³-hybridized carbons (Fsp3) is 0.222. The number of nitrogens with zero attached hydrogens (tertiary/aromatic N) is 2. The van der Waals surface area contributed by atoms with Gasteiger partial charge in [-0.25, -0.2) is 0 Å². The molecule has 0 fully saturated rings. The number of hydrogen-bond acceptors (Lipinski definition) is 6. The number of para-hydroxylation sites is 1. The first-order chi connectivity index (χ1) is 11.8. The number of aromatic nitrogens is 2. The van der Waals surface area contributed by atoms with Gasteiger partial charge in [-0.1, -0.05) is 18.2 Å². The lowest BCUT2D eigenvalue weighted by Crippen LogP contribution is -2.13. The maximum absolute atomic E-state index is 5.68. The maximum atomic E-state index is 5.68. The Kier molecular flexibility index (Phi) is 5.08. The Bertz CT molecular complexity index is 784. The van der Waals surface area contributed by atoms with Gasteiger partial charge in [0.25, 0.3) is 0 Å². The number of methoxy groups -OCH3 is 2. The van der Waals surface area contributed by atoms with Crippen molar-refractivity contribution < 1.29 is 13.9 Å². The fourth-order valence-electron chi connectivity index (χ4n) is 2.33. The van der Waals surface area contributed by atoms with Crippen molar-refractivity contribution in [2.24, 2.45) is 0 Å². The van der Waals surface area contributed by atoms with E-state index in [-0.39, 0.29) is 0 Å². The highest BCUT2D eigenvalue weighted by molar-refractivity contribution is 5.53. The molecule has 0 aliphatic rings. The molecule has 0 saturated carbocycles. The average Bonchev–Trinajstić information content (AvgIpc) is 3.11. The smallest absolute Gasteiger partial charge is 0.247 e. The minimum absolute atomic E-state index is 0.487. The van der Waals surface area contributed by atoms with Crippen LogP contribution in [0.25, 0.3) is 11.5 Å². The van der Waals surface area contributed by atoms with Crippen LogP contribution in [0.1, 0.15) is 11.5 Å². The highest BCUT2D eigenvalue weighted by atomic mass is 16.5. The van der Waals surface area contributed by atoms with E-state index < -0.39 is 0 Å². The molecule has 124 valence electrons. The zero-order chi connectivity index (χ0) is 16.8. The highest BCUT2D eigenvalue weighted by Crippen LogP contribution is 2.21. The molecule has 1 aromatic heterocycles. The van der Waals surface area contributed by atoms with Crippen molar-refractivity contribution >= 4 is 0 Å². The Balaban J connectivity index is 1.59. The number of nitrogens with one attached hydrogen (secondary N) is 1. The van der Waals surface area contributed by atoms with Crippen molar-refractivity contribution in [3.63, 3.8) is 0 Å². The quantitative estimate of drug-likeness (QED) is 0.720. The lowest BCUT2D eigenvalue weighted by Gasteiger charge is -2.07.